The zero-order chi connectivity index (χ0) is 57.3. The first-order valence-electron chi connectivity index (χ1n) is 33.8. The van der Waals surface area contributed by atoms with Crippen LogP contribution in [-0.2, 0) is 23.8 Å². The maximum Gasteiger partial charge on any atom is 0.305 e. The predicted octanol–water partition coefficient (Wildman–Crippen LogP) is 16.6. The second-order valence-corrected chi connectivity index (χ2v) is 23.5. The summed E-state index contributed by atoms with van der Waals surface area (Å²) in [7, 11) is 0. The molecule has 0 saturated carbocycles. The van der Waals surface area contributed by atoms with Crippen molar-refractivity contribution in [2.24, 2.45) is 0 Å². The highest BCUT2D eigenvalue weighted by atomic mass is 16.7. The van der Waals surface area contributed by atoms with Gasteiger partial charge in [0.2, 0.25) is 5.91 Å². The molecule has 1 amide bonds. The molecule has 0 bridgehead atoms. The standard InChI is InChI=1S/C68H127NO10/c1-3-5-7-9-11-13-14-15-29-33-36-40-44-48-52-56-64(73)77-57-53-49-45-41-37-34-31-28-26-24-22-20-18-16-17-19-21-23-25-27-30-32-35-39-43-47-51-55-63(72)69-60(61(71)54-50-46-42-38-12-10-8-6-4-2)59-78-68-67(76)66(75)65(74)62(58-70)79-68/h11,13,15,29,50,54,60-62,65-68,70-71,74-76H,3-10,12,14,16-28,30-49,51-53,55-59H2,1-2H3,(H,69,72)/b13-11-,29-15-,54-50+. The summed E-state index contributed by atoms with van der Waals surface area (Å²) < 4.78 is 16.7. The molecular formula is C68H127NO10. The molecule has 7 unspecified atom stereocenters. The molecule has 0 radical (unpaired) electrons. The Hall–Kier alpha value is -2.12. The van der Waals surface area contributed by atoms with Gasteiger partial charge in [-0.1, -0.05) is 281 Å². The van der Waals surface area contributed by atoms with Crippen molar-refractivity contribution in [3.05, 3.63) is 36.5 Å². The van der Waals surface area contributed by atoms with E-state index < -0.39 is 49.5 Å². The van der Waals surface area contributed by atoms with Gasteiger partial charge in [-0.3, -0.25) is 9.59 Å². The van der Waals surface area contributed by atoms with Gasteiger partial charge in [0.25, 0.3) is 0 Å². The van der Waals surface area contributed by atoms with Crippen LogP contribution in [0.25, 0.3) is 0 Å². The first-order valence-corrected chi connectivity index (χ1v) is 33.8. The Morgan fingerprint density at radius 3 is 1.30 bits per heavy atom. The lowest BCUT2D eigenvalue weighted by Gasteiger charge is -2.40. The number of ether oxygens (including phenoxy) is 3. The number of carbonyl (C=O) groups excluding carboxylic acids is 2. The third kappa shape index (κ3) is 47.0. The molecule has 0 aliphatic carbocycles. The van der Waals surface area contributed by atoms with E-state index in [-0.39, 0.29) is 18.5 Å². The van der Waals surface area contributed by atoms with Crippen molar-refractivity contribution in [3.8, 4) is 0 Å². The topological polar surface area (TPSA) is 175 Å². The average molecular weight is 1120 g/mol. The van der Waals surface area contributed by atoms with Gasteiger partial charge in [-0.15, -0.1) is 0 Å². The fourth-order valence-electron chi connectivity index (χ4n) is 10.6. The van der Waals surface area contributed by atoms with Crippen molar-refractivity contribution in [2.45, 2.75) is 365 Å². The van der Waals surface area contributed by atoms with E-state index in [2.05, 4.69) is 43.5 Å². The molecule has 1 aliphatic rings. The molecule has 1 aliphatic heterocycles. The zero-order valence-corrected chi connectivity index (χ0v) is 51.3. The highest BCUT2D eigenvalue weighted by Gasteiger charge is 2.44. The van der Waals surface area contributed by atoms with Crippen LogP contribution in [0.1, 0.15) is 322 Å². The number of allylic oxidation sites excluding steroid dienone is 5. The number of hydrogen-bond donors (Lipinski definition) is 6. The van der Waals surface area contributed by atoms with Gasteiger partial charge in [0, 0.05) is 12.8 Å². The summed E-state index contributed by atoms with van der Waals surface area (Å²) in [4.78, 5) is 25.1. The molecule has 0 spiro atoms. The van der Waals surface area contributed by atoms with Gasteiger partial charge in [-0.25, -0.2) is 0 Å². The summed E-state index contributed by atoms with van der Waals surface area (Å²) in [6, 6.07) is -0.806. The minimum absolute atomic E-state index is 0.00549. The highest BCUT2D eigenvalue weighted by Crippen LogP contribution is 2.23. The summed E-state index contributed by atoms with van der Waals surface area (Å²) in [5.74, 6) is -0.186. The van der Waals surface area contributed by atoms with Gasteiger partial charge < -0.3 is 45.1 Å². The quantitative estimate of drug-likeness (QED) is 0.0195. The SMILES string of the molecule is CCCCC/C=C\C/C=C\CCCCCCCC(=O)OCCCCCCCCCCCCCCCCCCCCCCCCCCCCCC(=O)NC(COC1OC(CO)C(O)C(O)C1O)C(O)/C=C/CCCCCCCCC. The number of amides is 1. The van der Waals surface area contributed by atoms with Crippen molar-refractivity contribution >= 4 is 11.9 Å². The summed E-state index contributed by atoms with van der Waals surface area (Å²) in [5, 5.41) is 54.3. The van der Waals surface area contributed by atoms with Gasteiger partial charge in [0.1, 0.15) is 24.4 Å². The molecule has 1 fully saturated rings. The van der Waals surface area contributed by atoms with Crippen LogP contribution in [0.5, 0.6) is 0 Å². The van der Waals surface area contributed by atoms with Gasteiger partial charge >= 0.3 is 5.97 Å². The van der Waals surface area contributed by atoms with Crippen LogP contribution in [0.4, 0.5) is 0 Å². The predicted molar refractivity (Wildman–Crippen MR) is 329 cm³/mol. The third-order valence-electron chi connectivity index (χ3n) is 16.0. The van der Waals surface area contributed by atoms with E-state index in [1.54, 1.807) is 6.08 Å². The van der Waals surface area contributed by atoms with Crippen LogP contribution < -0.4 is 5.32 Å². The van der Waals surface area contributed by atoms with E-state index in [9.17, 15) is 35.1 Å². The van der Waals surface area contributed by atoms with Gasteiger partial charge in [-0.2, -0.15) is 0 Å². The van der Waals surface area contributed by atoms with E-state index in [0.29, 0.717) is 19.4 Å². The number of aliphatic hydroxyl groups excluding tert-OH is 5. The summed E-state index contributed by atoms with van der Waals surface area (Å²) in [5.41, 5.74) is 0. The molecule has 6 N–H and O–H groups in total. The Balaban J connectivity index is 1.92. The van der Waals surface area contributed by atoms with Crippen LogP contribution in [0.3, 0.4) is 0 Å². The highest BCUT2D eigenvalue weighted by molar-refractivity contribution is 5.76. The molecule has 464 valence electrons. The van der Waals surface area contributed by atoms with E-state index in [0.717, 1.165) is 64.2 Å². The first kappa shape index (κ1) is 74.9. The second kappa shape index (κ2) is 57.7. The fourth-order valence-corrected chi connectivity index (χ4v) is 10.6. The number of unbranched alkanes of at least 4 members (excludes halogenated alkanes) is 41. The Labute approximate surface area is 485 Å². The van der Waals surface area contributed by atoms with E-state index in [1.165, 1.54) is 231 Å². The number of hydrogen-bond acceptors (Lipinski definition) is 10. The molecule has 1 heterocycles. The van der Waals surface area contributed by atoms with Crippen LogP contribution in [0.2, 0.25) is 0 Å². The molecule has 1 saturated heterocycles. The zero-order valence-electron chi connectivity index (χ0n) is 51.3. The number of carbonyl (C=O) groups is 2. The van der Waals surface area contributed by atoms with Gasteiger partial charge in [0.05, 0.1) is 32.0 Å². The Morgan fingerprint density at radius 1 is 0.468 bits per heavy atom. The van der Waals surface area contributed by atoms with Crippen LogP contribution in [0.15, 0.2) is 36.5 Å². The van der Waals surface area contributed by atoms with E-state index >= 15 is 0 Å². The largest absolute Gasteiger partial charge is 0.466 e. The lowest BCUT2D eigenvalue weighted by atomic mass is 9.99. The summed E-state index contributed by atoms with van der Waals surface area (Å²) in [6.45, 7) is 4.31. The van der Waals surface area contributed by atoms with Crippen LogP contribution in [-0.4, -0.2) is 100 Å². The van der Waals surface area contributed by atoms with Crippen molar-refractivity contribution in [3.63, 3.8) is 0 Å². The maximum absolute atomic E-state index is 13.0. The fraction of sp³-hybridized carbons (Fsp3) is 0.882. The minimum Gasteiger partial charge on any atom is -0.466 e. The lowest BCUT2D eigenvalue weighted by molar-refractivity contribution is -0.302. The second-order valence-electron chi connectivity index (χ2n) is 23.5. The number of esters is 1. The monoisotopic (exact) mass is 1120 g/mol. The minimum atomic E-state index is -1.57. The Bertz CT molecular complexity index is 1410. The molecular weight excluding hydrogens is 991 g/mol. The third-order valence-corrected chi connectivity index (χ3v) is 16.0. The smallest absolute Gasteiger partial charge is 0.305 e. The van der Waals surface area contributed by atoms with E-state index in [1.807, 2.05) is 6.08 Å². The summed E-state index contributed by atoms with van der Waals surface area (Å²) >= 11 is 0. The number of rotatable bonds is 59. The molecule has 0 aromatic carbocycles. The molecule has 1 rings (SSSR count). The molecule has 0 aromatic rings. The van der Waals surface area contributed by atoms with Gasteiger partial charge in [0.15, 0.2) is 6.29 Å². The number of nitrogens with one attached hydrogen (secondary N) is 1. The summed E-state index contributed by atoms with van der Waals surface area (Å²) in [6.07, 6.45) is 62.8. The van der Waals surface area contributed by atoms with Crippen molar-refractivity contribution in [2.75, 3.05) is 19.8 Å². The van der Waals surface area contributed by atoms with Crippen molar-refractivity contribution < 1.29 is 49.3 Å². The maximum atomic E-state index is 13.0. The average Bonchev–Trinajstić information content (AvgIpc) is 3.47. The molecule has 7 atom stereocenters. The molecule has 11 heteroatoms. The normalized spacial score (nSPS) is 18.6. The Morgan fingerprint density at radius 2 is 0.848 bits per heavy atom. The van der Waals surface area contributed by atoms with E-state index in [4.69, 9.17) is 14.2 Å². The molecule has 79 heavy (non-hydrogen) atoms. The molecule has 11 nitrogen and oxygen atoms in total. The molecule has 0 aromatic heterocycles. The lowest BCUT2D eigenvalue weighted by Crippen LogP contribution is -2.60. The van der Waals surface area contributed by atoms with Crippen LogP contribution in [0, 0.1) is 0 Å². The van der Waals surface area contributed by atoms with Gasteiger partial charge in [-0.05, 0) is 64.2 Å². The van der Waals surface area contributed by atoms with Crippen molar-refractivity contribution in [1.29, 1.82) is 0 Å². The number of aliphatic hydroxyl groups is 5. The van der Waals surface area contributed by atoms with Crippen LogP contribution >= 0.6 is 0 Å². The van der Waals surface area contributed by atoms with Crippen molar-refractivity contribution in [1.82, 2.24) is 5.32 Å². The Kier molecular flexibility index (Phi) is 54.7. The first-order chi connectivity index (χ1) is 38.7.